The van der Waals surface area contributed by atoms with Gasteiger partial charge in [0.2, 0.25) is 0 Å². The highest BCUT2D eigenvalue weighted by Crippen LogP contribution is 2.17. The zero-order chi connectivity index (χ0) is 10.6. The molecule has 1 unspecified atom stereocenters. The van der Waals surface area contributed by atoms with Crippen LogP contribution in [0.25, 0.3) is 0 Å². The summed E-state index contributed by atoms with van der Waals surface area (Å²) < 4.78 is 9.98. The quantitative estimate of drug-likeness (QED) is 0.644. The van der Waals surface area contributed by atoms with Crippen molar-refractivity contribution in [3.05, 3.63) is 0 Å². The molecule has 1 aliphatic heterocycles. The maximum Gasteiger partial charge on any atom is 0.348 e. The summed E-state index contributed by atoms with van der Waals surface area (Å²) in [6.45, 7) is 3.86. The van der Waals surface area contributed by atoms with Crippen molar-refractivity contribution in [2.45, 2.75) is 51.7 Å². The van der Waals surface area contributed by atoms with E-state index in [4.69, 9.17) is 9.47 Å². The van der Waals surface area contributed by atoms with E-state index in [1.165, 1.54) is 0 Å². The van der Waals surface area contributed by atoms with E-state index in [-0.39, 0.29) is 0 Å². The Kier molecular flexibility index (Phi) is 3.92. The topological polar surface area (TPSA) is 52.6 Å². The Morgan fingerprint density at radius 2 is 1.29 bits per heavy atom. The number of esters is 2. The summed E-state index contributed by atoms with van der Waals surface area (Å²) in [5.41, 5.74) is 0. The fraction of sp³-hybridized carbons (Fsp3) is 0.800. The molecule has 0 spiro atoms. The second-order valence-corrected chi connectivity index (χ2v) is 3.43. The number of ether oxygens (including phenoxy) is 2. The number of carbonyl (C=O) groups is 2. The Morgan fingerprint density at radius 1 is 0.929 bits per heavy atom. The Morgan fingerprint density at radius 3 is 1.57 bits per heavy atom. The summed E-state index contributed by atoms with van der Waals surface area (Å²) in [5.74, 6) is -0.796. The zero-order valence-corrected chi connectivity index (χ0v) is 8.62. The molecule has 1 heterocycles. The van der Waals surface area contributed by atoms with Crippen LogP contribution < -0.4 is 0 Å². The van der Waals surface area contributed by atoms with Gasteiger partial charge in [-0.15, -0.1) is 0 Å². The van der Waals surface area contributed by atoms with Gasteiger partial charge in [-0.25, -0.2) is 9.59 Å². The van der Waals surface area contributed by atoms with Crippen molar-refractivity contribution in [3.8, 4) is 0 Å². The lowest BCUT2D eigenvalue weighted by atomic mass is 10.1. The van der Waals surface area contributed by atoms with Gasteiger partial charge in [-0.2, -0.15) is 0 Å². The van der Waals surface area contributed by atoms with Gasteiger partial charge in [0.05, 0.1) is 0 Å². The molecule has 2 atom stereocenters. The third kappa shape index (κ3) is 2.47. The van der Waals surface area contributed by atoms with Gasteiger partial charge in [-0.05, 0) is 12.8 Å². The molecule has 1 saturated heterocycles. The first-order valence-corrected chi connectivity index (χ1v) is 5.10. The van der Waals surface area contributed by atoms with E-state index in [2.05, 4.69) is 0 Å². The minimum atomic E-state index is -0.680. The number of carbonyl (C=O) groups excluding carboxylic acids is 2. The van der Waals surface area contributed by atoms with Crippen LogP contribution in [0.5, 0.6) is 0 Å². The van der Waals surface area contributed by atoms with E-state index in [1.807, 2.05) is 13.8 Å². The number of cyclic esters (lactones) is 2. The molecule has 1 rings (SSSR count). The van der Waals surface area contributed by atoms with Crippen LogP contribution in [-0.2, 0) is 19.1 Å². The molecule has 1 aliphatic rings. The molecule has 0 saturated carbocycles. The molecule has 0 aliphatic carbocycles. The van der Waals surface area contributed by atoms with Crippen LogP contribution in [0.1, 0.15) is 39.5 Å². The highest BCUT2D eigenvalue weighted by Gasteiger charge is 2.36. The average Bonchev–Trinajstić information content (AvgIpc) is 2.14. The van der Waals surface area contributed by atoms with E-state index in [0.29, 0.717) is 12.8 Å². The molecule has 4 nitrogen and oxygen atoms in total. The van der Waals surface area contributed by atoms with Gasteiger partial charge in [-0.3, -0.25) is 0 Å². The van der Waals surface area contributed by atoms with E-state index < -0.39 is 24.1 Å². The van der Waals surface area contributed by atoms with Crippen LogP contribution in [0.15, 0.2) is 0 Å². The minimum absolute atomic E-state index is 0.398. The van der Waals surface area contributed by atoms with Crippen LogP contribution in [0.2, 0.25) is 0 Å². The summed E-state index contributed by atoms with van der Waals surface area (Å²) in [7, 11) is 0. The minimum Gasteiger partial charge on any atom is -0.448 e. The van der Waals surface area contributed by atoms with Crippen molar-refractivity contribution < 1.29 is 19.1 Å². The van der Waals surface area contributed by atoms with Gasteiger partial charge in [-0.1, -0.05) is 26.7 Å². The van der Waals surface area contributed by atoms with E-state index in [1.54, 1.807) is 0 Å². The molecular weight excluding hydrogens is 184 g/mol. The number of rotatable bonds is 4. The molecule has 1 fully saturated rings. The molecule has 80 valence electrons. The molecule has 0 aromatic carbocycles. The Balaban J connectivity index is 2.53. The van der Waals surface area contributed by atoms with Crippen LogP contribution >= 0.6 is 0 Å². The lowest BCUT2D eigenvalue weighted by molar-refractivity contribution is -0.195. The highest BCUT2D eigenvalue weighted by molar-refractivity contribution is 5.87. The maximum absolute atomic E-state index is 11.3. The van der Waals surface area contributed by atoms with Crippen LogP contribution in [0.3, 0.4) is 0 Å². The fourth-order valence-corrected chi connectivity index (χ4v) is 1.41. The molecule has 0 radical (unpaired) electrons. The Hall–Kier alpha value is -1.06. The molecule has 0 aromatic rings. The second kappa shape index (κ2) is 4.98. The smallest absolute Gasteiger partial charge is 0.348 e. The van der Waals surface area contributed by atoms with Gasteiger partial charge in [0.15, 0.2) is 12.2 Å². The van der Waals surface area contributed by atoms with Gasteiger partial charge < -0.3 is 9.47 Å². The lowest BCUT2D eigenvalue weighted by Crippen LogP contribution is -2.43. The SMILES string of the molecule is CCCC1OC(=O)[C@@H](CCC)OC1=O. The Bertz CT molecular complexity index is 200. The Labute approximate surface area is 83.6 Å². The summed E-state index contributed by atoms with van der Waals surface area (Å²) in [6.07, 6.45) is 1.32. The summed E-state index contributed by atoms with van der Waals surface area (Å²) >= 11 is 0. The molecule has 0 N–H and O–H groups in total. The fourth-order valence-electron chi connectivity index (χ4n) is 1.41. The first kappa shape index (κ1) is 11.0. The maximum atomic E-state index is 11.3. The van der Waals surface area contributed by atoms with Crippen molar-refractivity contribution in [3.63, 3.8) is 0 Å². The van der Waals surface area contributed by atoms with Crippen molar-refractivity contribution in [2.75, 3.05) is 0 Å². The monoisotopic (exact) mass is 200 g/mol. The normalized spacial score (nSPS) is 27.0. The van der Waals surface area contributed by atoms with Crippen LogP contribution in [0.4, 0.5) is 0 Å². The zero-order valence-electron chi connectivity index (χ0n) is 8.62. The molecule has 0 bridgehead atoms. The van der Waals surface area contributed by atoms with Crippen molar-refractivity contribution in [1.82, 2.24) is 0 Å². The lowest BCUT2D eigenvalue weighted by Gasteiger charge is -2.26. The van der Waals surface area contributed by atoms with Crippen molar-refractivity contribution in [2.24, 2.45) is 0 Å². The van der Waals surface area contributed by atoms with Gasteiger partial charge >= 0.3 is 11.9 Å². The molecule has 4 heteroatoms. The average molecular weight is 200 g/mol. The van der Waals surface area contributed by atoms with Crippen LogP contribution in [-0.4, -0.2) is 24.1 Å². The summed E-state index contributed by atoms with van der Waals surface area (Å²) in [4.78, 5) is 22.6. The van der Waals surface area contributed by atoms with E-state index >= 15 is 0 Å². The second-order valence-electron chi connectivity index (χ2n) is 3.43. The van der Waals surface area contributed by atoms with E-state index in [0.717, 1.165) is 12.8 Å². The van der Waals surface area contributed by atoms with Crippen molar-refractivity contribution >= 4 is 11.9 Å². The van der Waals surface area contributed by atoms with Crippen molar-refractivity contribution in [1.29, 1.82) is 0 Å². The third-order valence-corrected chi connectivity index (χ3v) is 2.14. The number of hydrogen-bond acceptors (Lipinski definition) is 4. The largest absolute Gasteiger partial charge is 0.448 e. The van der Waals surface area contributed by atoms with Gasteiger partial charge in [0, 0.05) is 0 Å². The van der Waals surface area contributed by atoms with Gasteiger partial charge in [0.1, 0.15) is 0 Å². The highest BCUT2D eigenvalue weighted by atomic mass is 16.6. The molecule has 0 aromatic heterocycles. The van der Waals surface area contributed by atoms with Crippen LogP contribution in [0, 0.1) is 0 Å². The number of hydrogen-bond donors (Lipinski definition) is 0. The van der Waals surface area contributed by atoms with E-state index in [9.17, 15) is 9.59 Å². The standard InChI is InChI=1S/C10H16O4/c1-3-5-7-9(11)14-8(6-4-2)10(12)13-7/h7-8H,3-6H2,1-2H3/t7-,8?/m1/s1. The molecular formula is C10H16O4. The summed E-state index contributed by atoms with van der Waals surface area (Å²) in [6, 6.07) is 0. The van der Waals surface area contributed by atoms with Gasteiger partial charge in [0.25, 0.3) is 0 Å². The molecule has 14 heavy (non-hydrogen) atoms. The molecule has 0 amide bonds. The predicted molar refractivity (Wildman–Crippen MR) is 49.6 cm³/mol. The first-order valence-electron chi connectivity index (χ1n) is 5.10. The third-order valence-electron chi connectivity index (χ3n) is 2.14. The first-order chi connectivity index (χ1) is 6.69. The summed E-state index contributed by atoms with van der Waals surface area (Å²) in [5, 5.41) is 0. The predicted octanol–water partition coefficient (Wildman–Crippen LogP) is 1.42.